The van der Waals surface area contributed by atoms with Crippen LogP contribution < -0.4 is 0 Å². The van der Waals surface area contributed by atoms with Crippen LogP contribution in [0.2, 0.25) is 0 Å². The van der Waals surface area contributed by atoms with Gasteiger partial charge in [-0.3, -0.25) is 0 Å². The molecule has 1 fully saturated rings. The summed E-state index contributed by atoms with van der Waals surface area (Å²) in [5, 5.41) is 21.4. The van der Waals surface area contributed by atoms with Crippen LogP contribution in [0.5, 0.6) is 11.5 Å². The molecule has 128 valence electrons. The summed E-state index contributed by atoms with van der Waals surface area (Å²) in [5.41, 5.74) is 2.62. The lowest BCUT2D eigenvalue weighted by Gasteiger charge is -2.38. The molecule has 3 unspecified atom stereocenters. The molecule has 1 aliphatic rings. The Morgan fingerprint density at radius 1 is 0.917 bits per heavy atom. The fourth-order valence-corrected chi connectivity index (χ4v) is 4.33. The number of phenols is 2. The van der Waals surface area contributed by atoms with Crippen LogP contribution in [0.1, 0.15) is 51.5 Å². The van der Waals surface area contributed by atoms with E-state index in [1.807, 2.05) is 30.3 Å². The van der Waals surface area contributed by atoms with Gasteiger partial charge in [-0.2, -0.15) is 0 Å². The topological polar surface area (TPSA) is 40.5 Å². The van der Waals surface area contributed by atoms with Crippen LogP contribution in [0.15, 0.2) is 42.5 Å². The highest BCUT2D eigenvalue weighted by Gasteiger charge is 2.34. The zero-order valence-corrected chi connectivity index (χ0v) is 14.9. The van der Waals surface area contributed by atoms with Crippen molar-refractivity contribution in [3.05, 3.63) is 48.0 Å². The Labute approximate surface area is 145 Å². The minimum Gasteiger partial charge on any atom is -0.507 e. The molecule has 0 spiro atoms. The van der Waals surface area contributed by atoms with Crippen LogP contribution >= 0.6 is 0 Å². The summed E-state index contributed by atoms with van der Waals surface area (Å²) in [4.78, 5) is 0. The predicted octanol–water partition coefficient (Wildman–Crippen LogP) is 5.94. The average molecular weight is 324 g/mol. The van der Waals surface area contributed by atoms with E-state index in [1.165, 1.54) is 12.8 Å². The van der Waals surface area contributed by atoms with Crippen molar-refractivity contribution in [2.75, 3.05) is 0 Å². The molecular formula is C22H28O2. The predicted molar refractivity (Wildman–Crippen MR) is 99.3 cm³/mol. The molecule has 1 saturated carbocycles. The Hall–Kier alpha value is -1.96. The van der Waals surface area contributed by atoms with Gasteiger partial charge in [-0.15, -0.1) is 0 Å². The molecule has 0 bridgehead atoms. The molecule has 2 aromatic carbocycles. The van der Waals surface area contributed by atoms with Gasteiger partial charge in [0.05, 0.1) is 0 Å². The van der Waals surface area contributed by atoms with E-state index in [0.29, 0.717) is 17.8 Å². The number of benzene rings is 2. The normalized spacial score (nSPS) is 24.2. The van der Waals surface area contributed by atoms with Crippen LogP contribution in [-0.4, -0.2) is 10.2 Å². The van der Waals surface area contributed by atoms with Gasteiger partial charge in [-0.05, 0) is 59.8 Å². The highest BCUT2D eigenvalue weighted by molar-refractivity contribution is 5.69. The first kappa shape index (κ1) is 16.9. The van der Waals surface area contributed by atoms with E-state index in [1.54, 1.807) is 12.1 Å². The summed E-state index contributed by atoms with van der Waals surface area (Å²) in [7, 11) is 0. The third kappa shape index (κ3) is 3.28. The lowest BCUT2D eigenvalue weighted by molar-refractivity contribution is 0.192. The first-order valence-corrected chi connectivity index (χ1v) is 9.08. The van der Waals surface area contributed by atoms with Crippen molar-refractivity contribution in [2.45, 2.75) is 46.0 Å². The minimum atomic E-state index is 0.235. The second-order valence-corrected chi connectivity index (χ2v) is 7.73. The smallest absolute Gasteiger partial charge is 0.123 e. The maximum Gasteiger partial charge on any atom is 0.123 e. The quantitative estimate of drug-likeness (QED) is 0.733. The van der Waals surface area contributed by atoms with E-state index in [0.717, 1.165) is 23.1 Å². The number of hydrogen-bond acceptors (Lipinski definition) is 2. The molecule has 0 radical (unpaired) electrons. The molecule has 24 heavy (non-hydrogen) atoms. The van der Waals surface area contributed by atoms with Crippen molar-refractivity contribution < 1.29 is 10.2 Å². The number of hydrogen-bond donors (Lipinski definition) is 2. The van der Waals surface area contributed by atoms with Gasteiger partial charge >= 0.3 is 0 Å². The summed E-state index contributed by atoms with van der Waals surface area (Å²) in [6.45, 7) is 6.77. The van der Waals surface area contributed by atoms with Crippen molar-refractivity contribution in [1.82, 2.24) is 0 Å². The molecule has 0 saturated heterocycles. The zero-order chi connectivity index (χ0) is 17.3. The molecule has 1 aliphatic carbocycles. The Morgan fingerprint density at radius 3 is 2.12 bits per heavy atom. The molecule has 2 aromatic rings. The first-order chi connectivity index (χ1) is 11.5. The summed E-state index contributed by atoms with van der Waals surface area (Å²) in [6.07, 6.45) is 3.44. The molecule has 0 aliphatic heterocycles. The lowest BCUT2D eigenvalue weighted by Crippen LogP contribution is -2.26. The summed E-state index contributed by atoms with van der Waals surface area (Å²) in [5.74, 6) is 2.41. The first-order valence-electron chi connectivity index (χ1n) is 9.08. The third-order valence-corrected chi connectivity index (χ3v) is 5.64. The lowest BCUT2D eigenvalue weighted by atomic mass is 9.67. The highest BCUT2D eigenvalue weighted by Crippen LogP contribution is 2.50. The Bertz CT molecular complexity index is 667. The standard InChI is InChI=1S/C22H28O2/c1-14(2)18-10-9-15(3)11-19(18)22-20(23)12-17(13-21(22)24)16-7-5-4-6-8-16/h4-8,12-15,18-19,23-24H,9-11H2,1-3H3. The van der Waals surface area contributed by atoms with Gasteiger partial charge < -0.3 is 10.2 Å². The van der Waals surface area contributed by atoms with Crippen molar-refractivity contribution in [1.29, 1.82) is 0 Å². The van der Waals surface area contributed by atoms with Gasteiger partial charge in [0, 0.05) is 5.56 Å². The third-order valence-electron chi connectivity index (χ3n) is 5.64. The molecule has 0 aromatic heterocycles. The van der Waals surface area contributed by atoms with Crippen LogP contribution in [0.4, 0.5) is 0 Å². The highest BCUT2D eigenvalue weighted by atomic mass is 16.3. The van der Waals surface area contributed by atoms with Gasteiger partial charge in [0.25, 0.3) is 0 Å². The number of rotatable bonds is 3. The largest absolute Gasteiger partial charge is 0.507 e. The van der Waals surface area contributed by atoms with Gasteiger partial charge in [-0.25, -0.2) is 0 Å². The second kappa shape index (κ2) is 6.88. The number of aromatic hydroxyl groups is 2. The van der Waals surface area contributed by atoms with Gasteiger partial charge in [-0.1, -0.05) is 57.5 Å². The minimum absolute atomic E-state index is 0.235. The van der Waals surface area contributed by atoms with Gasteiger partial charge in [0.15, 0.2) is 0 Å². The second-order valence-electron chi connectivity index (χ2n) is 7.73. The Kier molecular flexibility index (Phi) is 4.84. The number of phenolic OH excluding ortho intramolecular Hbond substituents is 2. The molecule has 2 nitrogen and oxygen atoms in total. The average Bonchev–Trinajstić information content (AvgIpc) is 2.55. The Morgan fingerprint density at radius 2 is 1.54 bits per heavy atom. The van der Waals surface area contributed by atoms with Crippen LogP contribution in [0.25, 0.3) is 11.1 Å². The van der Waals surface area contributed by atoms with E-state index >= 15 is 0 Å². The zero-order valence-electron chi connectivity index (χ0n) is 14.9. The molecule has 0 amide bonds. The molecule has 3 atom stereocenters. The van der Waals surface area contributed by atoms with Crippen molar-refractivity contribution in [2.24, 2.45) is 17.8 Å². The van der Waals surface area contributed by atoms with Crippen molar-refractivity contribution in [3.8, 4) is 22.6 Å². The van der Waals surface area contributed by atoms with Crippen molar-refractivity contribution in [3.63, 3.8) is 0 Å². The van der Waals surface area contributed by atoms with Crippen LogP contribution in [0, 0.1) is 17.8 Å². The van der Waals surface area contributed by atoms with E-state index in [9.17, 15) is 10.2 Å². The SMILES string of the molecule is CC1CCC(C(C)C)C(c2c(O)cc(-c3ccccc3)cc2O)C1. The van der Waals surface area contributed by atoms with Crippen LogP contribution in [-0.2, 0) is 0 Å². The summed E-state index contributed by atoms with van der Waals surface area (Å²) < 4.78 is 0. The molecule has 3 rings (SSSR count). The van der Waals surface area contributed by atoms with E-state index in [4.69, 9.17) is 0 Å². The fourth-order valence-electron chi connectivity index (χ4n) is 4.33. The molecule has 2 heteroatoms. The summed E-state index contributed by atoms with van der Waals surface area (Å²) in [6, 6.07) is 13.5. The van der Waals surface area contributed by atoms with Crippen molar-refractivity contribution >= 4 is 0 Å². The van der Waals surface area contributed by atoms with E-state index in [2.05, 4.69) is 20.8 Å². The van der Waals surface area contributed by atoms with E-state index < -0.39 is 0 Å². The van der Waals surface area contributed by atoms with Crippen LogP contribution in [0.3, 0.4) is 0 Å². The maximum atomic E-state index is 10.7. The summed E-state index contributed by atoms with van der Waals surface area (Å²) >= 11 is 0. The van der Waals surface area contributed by atoms with E-state index in [-0.39, 0.29) is 17.4 Å². The Balaban J connectivity index is 2.01. The monoisotopic (exact) mass is 324 g/mol. The molecular weight excluding hydrogens is 296 g/mol. The van der Waals surface area contributed by atoms with Gasteiger partial charge in [0.2, 0.25) is 0 Å². The molecule has 0 heterocycles. The molecule has 2 N–H and O–H groups in total. The fraction of sp³-hybridized carbons (Fsp3) is 0.455. The van der Waals surface area contributed by atoms with Gasteiger partial charge in [0.1, 0.15) is 11.5 Å². The maximum absolute atomic E-state index is 10.7.